The maximum Gasteiger partial charge on any atom is 0.255 e. The minimum absolute atomic E-state index is 0.123. The van der Waals surface area contributed by atoms with Crippen LogP contribution in [0.3, 0.4) is 0 Å². The van der Waals surface area contributed by atoms with Gasteiger partial charge in [-0.1, -0.05) is 19.1 Å². The smallest absolute Gasteiger partial charge is 0.255 e. The molecule has 2 aromatic rings. The lowest BCUT2D eigenvalue weighted by Crippen LogP contribution is -2.24. The largest absolute Gasteiger partial charge is 0.322 e. The van der Waals surface area contributed by atoms with Crippen LogP contribution >= 0.6 is 0 Å². The van der Waals surface area contributed by atoms with Gasteiger partial charge in [0.2, 0.25) is 5.91 Å². The molecule has 0 spiro atoms. The minimum Gasteiger partial charge on any atom is -0.322 e. The number of rotatable bonds is 4. The van der Waals surface area contributed by atoms with Gasteiger partial charge in [-0.3, -0.25) is 9.59 Å². The van der Waals surface area contributed by atoms with E-state index in [1.54, 1.807) is 0 Å². The fourth-order valence-corrected chi connectivity index (χ4v) is 3.03. The Morgan fingerprint density at radius 1 is 1.17 bits per heavy atom. The van der Waals surface area contributed by atoms with Crippen molar-refractivity contribution in [1.29, 1.82) is 0 Å². The lowest BCUT2D eigenvalue weighted by Gasteiger charge is -2.19. The van der Waals surface area contributed by atoms with E-state index in [2.05, 4.69) is 12.2 Å². The van der Waals surface area contributed by atoms with Crippen molar-refractivity contribution in [3.05, 3.63) is 59.2 Å². The molecule has 0 bridgehead atoms. The molecule has 0 aromatic heterocycles. The number of nitrogens with one attached hydrogen (secondary N) is 1. The first kappa shape index (κ1) is 16.2. The maximum atomic E-state index is 12.3. The minimum atomic E-state index is -0.123. The summed E-state index contributed by atoms with van der Waals surface area (Å²) in [5, 5.41) is 2.92. The van der Waals surface area contributed by atoms with Crippen LogP contribution in [0.25, 0.3) is 0 Å². The Bertz CT molecular complexity index is 766. The van der Waals surface area contributed by atoms with Crippen LogP contribution in [0.1, 0.15) is 41.3 Å². The number of carbonyl (C=O) groups is 2. The number of benzene rings is 2. The molecule has 1 heterocycles. The first-order valence-corrected chi connectivity index (χ1v) is 8.40. The van der Waals surface area contributed by atoms with E-state index in [1.807, 2.05) is 54.3 Å². The fourth-order valence-electron chi connectivity index (χ4n) is 3.03. The van der Waals surface area contributed by atoms with Crippen LogP contribution in [-0.2, 0) is 11.2 Å². The topological polar surface area (TPSA) is 49.4 Å². The van der Waals surface area contributed by atoms with Gasteiger partial charge in [0.25, 0.3) is 5.91 Å². The van der Waals surface area contributed by atoms with E-state index >= 15 is 0 Å². The summed E-state index contributed by atoms with van der Waals surface area (Å²) in [6.45, 7) is 4.83. The van der Waals surface area contributed by atoms with Crippen molar-refractivity contribution < 1.29 is 9.59 Å². The predicted octanol–water partition coefficient (Wildman–Crippen LogP) is 3.94. The van der Waals surface area contributed by atoms with Crippen molar-refractivity contribution >= 4 is 23.2 Å². The first-order chi connectivity index (χ1) is 11.6. The number of amides is 2. The Kier molecular flexibility index (Phi) is 4.65. The highest BCUT2D eigenvalue weighted by Gasteiger charge is 2.23. The van der Waals surface area contributed by atoms with E-state index < -0.39 is 0 Å². The quantitative estimate of drug-likeness (QED) is 0.927. The average Bonchev–Trinajstić information content (AvgIpc) is 3.01. The van der Waals surface area contributed by atoms with E-state index in [9.17, 15) is 9.59 Å². The summed E-state index contributed by atoms with van der Waals surface area (Å²) in [6.07, 6.45) is 2.48. The predicted molar refractivity (Wildman–Crippen MR) is 96.5 cm³/mol. The third-order valence-electron chi connectivity index (χ3n) is 4.44. The molecule has 1 aliphatic heterocycles. The molecule has 0 atom stereocenters. The maximum absolute atomic E-state index is 12.3. The van der Waals surface area contributed by atoms with Crippen LogP contribution in [-0.4, -0.2) is 18.4 Å². The summed E-state index contributed by atoms with van der Waals surface area (Å²) in [5.74, 6) is 0.0490. The molecule has 3 rings (SSSR count). The van der Waals surface area contributed by atoms with E-state index in [0.717, 1.165) is 36.3 Å². The van der Waals surface area contributed by atoms with Crippen molar-refractivity contribution in [3.63, 3.8) is 0 Å². The Hall–Kier alpha value is -2.62. The van der Waals surface area contributed by atoms with Crippen molar-refractivity contribution in [1.82, 2.24) is 0 Å². The molecular formula is C20H22N2O2. The fraction of sp³-hybridized carbons (Fsp3) is 0.300. The summed E-state index contributed by atoms with van der Waals surface area (Å²) in [6, 6.07) is 13.3. The van der Waals surface area contributed by atoms with Gasteiger partial charge in [0.05, 0.1) is 0 Å². The van der Waals surface area contributed by atoms with Crippen LogP contribution in [0.4, 0.5) is 11.4 Å². The Labute approximate surface area is 142 Å². The summed E-state index contributed by atoms with van der Waals surface area (Å²) in [4.78, 5) is 26.0. The molecule has 4 heteroatoms. The van der Waals surface area contributed by atoms with Gasteiger partial charge >= 0.3 is 0 Å². The monoisotopic (exact) mass is 322 g/mol. The molecular weight excluding hydrogens is 300 g/mol. The zero-order chi connectivity index (χ0) is 17.1. The van der Waals surface area contributed by atoms with Gasteiger partial charge in [-0.25, -0.2) is 0 Å². The third kappa shape index (κ3) is 3.32. The molecule has 1 saturated heterocycles. The number of aryl methyl sites for hydroxylation is 2. The lowest BCUT2D eigenvalue weighted by molar-refractivity contribution is -0.117. The molecule has 0 aliphatic carbocycles. The highest BCUT2D eigenvalue weighted by Crippen LogP contribution is 2.27. The zero-order valence-corrected chi connectivity index (χ0v) is 14.1. The Morgan fingerprint density at radius 3 is 2.50 bits per heavy atom. The molecule has 0 radical (unpaired) electrons. The molecule has 2 amide bonds. The molecule has 0 unspecified atom stereocenters. The third-order valence-corrected chi connectivity index (χ3v) is 4.44. The van der Waals surface area contributed by atoms with Crippen LogP contribution < -0.4 is 10.2 Å². The lowest BCUT2D eigenvalue weighted by atomic mass is 10.1. The van der Waals surface area contributed by atoms with Crippen LogP contribution in [0.15, 0.2) is 42.5 Å². The molecule has 1 fully saturated rings. The van der Waals surface area contributed by atoms with Crippen molar-refractivity contribution in [2.24, 2.45) is 0 Å². The van der Waals surface area contributed by atoms with Gasteiger partial charge in [0, 0.05) is 29.9 Å². The van der Waals surface area contributed by atoms with Gasteiger partial charge in [0.15, 0.2) is 0 Å². The van der Waals surface area contributed by atoms with E-state index in [4.69, 9.17) is 0 Å². The summed E-state index contributed by atoms with van der Waals surface area (Å²) >= 11 is 0. The highest BCUT2D eigenvalue weighted by molar-refractivity contribution is 6.04. The Morgan fingerprint density at radius 2 is 1.92 bits per heavy atom. The molecule has 0 saturated carbocycles. The van der Waals surface area contributed by atoms with Crippen LogP contribution in [0, 0.1) is 6.92 Å². The van der Waals surface area contributed by atoms with Gasteiger partial charge in [-0.2, -0.15) is 0 Å². The number of hydrogen-bond donors (Lipinski definition) is 1. The second kappa shape index (κ2) is 6.87. The van der Waals surface area contributed by atoms with E-state index in [0.29, 0.717) is 12.0 Å². The second-order valence-corrected chi connectivity index (χ2v) is 6.15. The Balaban J connectivity index is 1.74. The van der Waals surface area contributed by atoms with Crippen LogP contribution in [0.5, 0.6) is 0 Å². The number of carbonyl (C=O) groups excluding carboxylic acids is 2. The van der Waals surface area contributed by atoms with Gasteiger partial charge in [-0.15, -0.1) is 0 Å². The summed E-state index contributed by atoms with van der Waals surface area (Å²) < 4.78 is 0. The molecule has 1 aliphatic rings. The van der Waals surface area contributed by atoms with Crippen LogP contribution in [0.2, 0.25) is 0 Å². The number of anilines is 2. The highest BCUT2D eigenvalue weighted by atomic mass is 16.2. The molecule has 124 valence electrons. The zero-order valence-electron chi connectivity index (χ0n) is 14.1. The molecule has 1 N–H and O–H groups in total. The standard InChI is InChI=1S/C20H22N2O2/c1-3-15-6-8-16(9-7-15)20(24)21-17-10-11-18(14(2)13-17)22-12-4-5-19(22)23/h6-11,13H,3-5,12H2,1-2H3,(H,21,24). The molecule has 24 heavy (non-hydrogen) atoms. The van der Waals surface area contributed by atoms with Crippen molar-refractivity contribution in [3.8, 4) is 0 Å². The summed E-state index contributed by atoms with van der Waals surface area (Å²) in [7, 11) is 0. The van der Waals surface area contributed by atoms with Gasteiger partial charge in [0.1, 0.15) is 0 Å². The average molecular weight is 322 g/mol. The SMILES string of the molecule is CCc1ccc(C(=O)Nc2ccc(N3CCCC3=O)c(C)c2)cc1. The number of nitrogens with zero attached hydrogens (tertiary/aromatic N) is 1. The summed E-state index contributed by atoms with van der Waals surface area (Å²) in [5.41, 5.74) is 4.52. The second-order valence-electron chi connectivity index (χ2n) is 6.15. The molecule has 4 nitrogen and oxygen atoms in total. The van der Waals surface area contributed by atoms with Crippen molar-refractivity contribution in [2.75, 3.05) is 16.8 Å². The number of hydrogen-bond acceptors (Lipinski definition) is 2. The van der Waals surface area contributed by atoms with E-state index in [1.165, 1.54) is 5.56 Å². The van der Waals surface area contributed by atoms with Gasteiger partial charge in [-0.05, 0) is 61.2 Å². The van der Waals surface area contributed by atoms with E-state index in [-0.39, 0.29) is 11.8 Å². The van der Waals surface area contributed by atoms with Gasteiger partial charge < -0.3 is 10.2 Å². The molecule has 2 aromatic carbocycles. The van der Waals surface area contributed by atoms with Crippen molar-refractivity contribution in [2.45, 2.75) is 33.1 Å². The normalized spacial score (nSPS) is 14.1. The first-order valence-electron chi connectivity index (χ1n) is 8.40.